The summed E-state index contributed by atoms with van der Waals surface area (Å²) in [6.45, 7) is 8.10. The van der Waals surface area contributed by atoms with Crippen molar-refractivity contribution in [2.75, 3.05) is 11.1 Å². The summed E-state index contributed by atoms with van der Waals surface area (Å²) in [5, 5.41) is 2.88. The molecular weight excluding hydrogens is 262 g/mol. The molecule has 2 aromatic rings. The average molecular weight is 283 g/mol. The van der Waals surface area contributed by atoms with Crippen molar-refractivity contribution in [1.29, 1.82) is 0 Å². The first-order valence-corrected chi connectivity index (χ1v) is 6.92. The highest BCUT2D eigenvalue weighted by molar-refractivity contribution is 6.04. The summed E-state index contributed by atoms with van der Waals surface area (Å²) in [6.07, 6.45) is 0. The molecular formula is C17H21N3O. The van der Waals surface area contributed by atoms with E-state index in [2.05, 4.69) is 10.3 Å². The number of carbonyl (C=O) groups is 1. The number of anilines is 2. The number of hydrogen-bond acceptors (Lipinski definition) is 3. The zero-order valence-corrected chi connectivity index (χ0v) is 12.9. The molecule has 4 nitrogen and oxygen atoms in total. The predicted molar refractivity (Wildman–Crippen MR) is 86.5 cm³/mol. The van der Waals surface area contributed by atoms with Gasteiger partial charge in [0, 0.05) is 22.4 Å². The molecule has 1 aromatic heterocycles. The molecule has 4 heteroatoms. The van der Waals surface area contributed by atoms with Gasteiger partial charge in [-0.1, -0.05) is 32.9 Å². The Kier molecular flexibility index (Phi) is 3.98. The fraction of sp³-hybridized carbons (Fsp3) is 0.294. The van der Waals surface area contributed by atoms with Gasteiger partial charge in [0.25, 0.3) is 5.91 Å². The quantitative estimate of drug-likeness (QED) is 0.886. The zero-order valence-electron chi connectivity index (χ0n) is 12.9. The van der Waals surface area contributed by atoms with E-state index in [1.807, 2.05) is 52.0 Å². The molecule has 0 spiro atoms. The molecule has 0 saturated carbocycles. The van der Waals surface area contributed by atoms with E-state index in [4.69, 9.17) is 5.73 Å². The number of pyridine rings is 1. The number of nitrogens with one attached hydrogen (secondary N) is 1. The zero-order chi connectivity index (χ0) is 15.6. The Morgan fingerprint density at radius 2 is 1.90 bits per heavy atom. The standard InChI is InChI=1S/C17H21N3O/c1-11-6-5-7-13(8-11)19-16(21)12-9-14(17(2,3)4)20-15(18)10-12/h5-10H,1-4H3,(H2,18,20)(H,19,21). The molecule has 0 atom stereocenters. The van der Waals surface area contributed by atoms with E-state index in [0.717, 1.165) is 16.9 Å². The van der Waals surface area contributed by atoms with E-state index in [0.29, 0.717) is 11.4 Å². The van der Waals surface area contributed by atoms with Crippen molar-refractivity contribution < 1.29 is 4.79 Å². The number of nitrogens with two attached hydrogens (primary N) is 1. The maximum atomic E-state index is 12.4. The number of rotatable bonds is 2. The Morgan fingerprint density at radius 3 is 2.52 bits per heavy atom. The van der Waals surface area contributed by atoms with E-state index in [-0.39, 0.29) is 11.3 Å². The molecule has 21 heavy (non-hydrogen) atoms. The van der Waals surface area contributed by atoms with Crippen LogP contribution < -0.4 is 11.1 Å². The molecule has 0 aliphatic rings. The molecule has 0 bridgehead atoms. The molecule has 0 saturated heterocycles. The molecule has 1 aromatic carbocycles. The third kappa shape index (κ3) is 3.81. The van der Waals surface area contributed by atoms with Gasteiger partial charge in [-0.2, -0.15) is 0 Å². The molecule has 0 radical (unpaired) electrons. The smallest absolute Gasteiger partial charge is 0.255 e. The van der Waals surface area contributed by atoms with Crippen molar-refractivity contribution >= 4 is 17.4 Å². The van der Waals surface area contributed by atoms with Gasteiger partial charge < -0.3 is 11.1 Å². The SMILES string of the molecule is Cc1cccc(NC(=O)c2cc(N)nc(C(C)(C)C)c2)c1. The number of nitrogens with zero attached hydrogens (tertiary/aromatic N) is 1. The van der Waals surface area contributed by atoms with Gasteiger partial charge in [-0.25, -0.2) is 4.98 Å². The number of amides is 1. The normalized spacial score (nSPS) is 11.2. The first-order valence-electron chi connectivity index (χ1n) is 6.92. The largest absolute Gasteiger partial charge is 0.384 e. The number of hydrogen-bond donors (Lipinski definition) is 2. The van der Waals surface area contributed by atoms with E-state index in [1.165, 1.54) is 0 Å². The third-order valence-corrected chi connectivity index (χ3v) is 3.15. The van der Waals surface area contributed by atoms with E-state index >= 15 is 0 Å². The van der Waals surface area contributed by atoms with Crippen molar-refractivity contribution in [2.45, 2.75) is 33.1 Å². The second-order valence-electron chi connectivity index (χ2n) is 6.24. The van der Waals surface area contributed by atoms with Crippen LogP contribution in [-0.4, -0.2) is 10.9 Å². The van der Waals surface area contributed by atoms with Gasteiger partial charge in [-0.05, 0) is 36.8 Å². The lowest BCUT2D eigenvalue weighted by molar-refractivity contribution is 0.102. The van der Waals surface area contributed by atoms with Crippen molar-refractivity contribution in [2.24, 2.45) is 0 Å². The number of aromatic nitrogens is 1. The molecule has 1 amide bonds. The van der Waals surface area contributed by atoms with Crippen LogP contribution in [0.2, 0.25) is 0 Å². The van der Waals surface area contributed by atoms with Crippen LogP contribution in [0.5, 0.6) is 0 Å². The lowest BCUT2D eigenvalue weighted by atomic mass is 9.90. The summed E-state index contributed by atoms with van der Waals surface area (Å²) in [6, 6.07) is 11.1. The number of carbonyl (C=O) groups excluding carboxylic acids is 1. The van der Waals surface area contributed by atoms with Crippen LogP contribution >= 0.6 is 0 Å². The van der Waals surface area contributed by atoms with Crippen molar-refractivity contribution in [3.63, 3.8) is 0 Å². The molecule has 0 aliphatic carbocycles. The lowest BCUT2D eigenvalue weighted by Gasteiger charge is -2.19. The Bertz CT molecular complexity index is 672. The number of nitrogen functional groups attached to an aromatic ring is 1. The van der Waals surface area contributed by atoms with Crippen LogP contribution in [0, 0.1) is 6.92 Å². The lowest BCUT2D eigenvalue weighted by Crippen LogP contribution is -2.18. The van der Waals surface area contributed by atoms with Gasteiger partial charge in [-0.15, -0.1) is 0 Å². The van der Waals surface area contributed by atoms with E-state index in [9.17, 15) is 4.79 Å². The molecule has 1 heterocycles. The van der Waals surface area contributed by atoms with Crippen LogP contribution in [0.4, 0.5) is 11.5 Å². The Balaban J connectivity index is 2.29. The minimum atomic E-state index is -0.180. The summed E-state index contributed by atoms with van der Waals surface area (Å²) in [5.41, 5.74) is 8.85. The van der Waals surface area contributed by atoms with Gasteiger partial charge in [0.15, 0.2) is 0 Å². The van der Waals surface area contributed by atoms with Crippen LogP contribution in [0.1, 0.15) is 42.4 Å². The average Bonchev–Trinajstić information content (AvgIpc) is 2.37. The Labute approximate surface area is 125 Å². The van der Waals surface area contributed by atoms with Gasteiger partial charge in [0.1, 0.15) is 5.82 Å². The maximum absolute atomic E-state index is 12.4. The molecule has 0 unspecified atom stereocenters. The van der Waals surface area contributed by atoms with Crippen LogP contribution in [0.3, 0.4) is 0 Å². The molecule has 3 N–H and O–H groups in total. The number of benzene rings is 1. The predicted octanol–water partition coefficient (Wildman–Crippen LogP) is 3.52. The highest BCUT2D eigenvalue weighted by atomic mass is 16.1. The first-order chi connectivity index (χ1) is 9.75. The van der Waals surface area contributed by atoms with Crippen LogP contribution in [-0.2, 0) is 5.41 Å². The Hall–Kier alpha value is -2.36. The van der Waals surface area contributed by atoms with Gasteiger partial charge >= 0.3 is 0 Å². The van der Waals surface area contributed by atoms with Gasteiger partial charge in [-0.3, -0.25) is 4.79 Å². The second kappa shape index (κ2) is 5.56. The van der Waals surface area contributed by atoms with Gasteiger partial charge in [0.05, 0.1) is 0 Å². The summed E-state index contributed by atoms with van der Waals surface area (Å²) >= 11 is 0. The molecule has 110 valence electrons. The Morgan fingerprint density at radius 1 is 1.19 bits per heavy atom. The fourth-order valence-corrected chi connectivity index (χ4v) is 1.99. The minimum absolute atomic E-state index is 0.159. The second-order valence-corrected chi connectivity index (χ2v) is 6.24. The summed E-state index contributed by atoms with van der Waals surface area (Å²) < 4.78 is 0. The molecule has 0 fully saturated rings. The fourth-order valence-electron chi connectivity index (χ4n) is 1.99. The third-order valence-electron chi connectivity index (χ3n) is 3.15. The molecule has 0 aliphatic heterocycles. The minimum Gasteiger partial charge on any atom is -0.384 e. The van der Waals surface area contributed by atoms with E-state index in [1.54, 1.807) is 12.1 Å². The summed E-state index contributed by atoms with van der Waals surface area (Å²) in [5.74, 6) is 0.178. The van der Waals surface area contributed by atoms with Crippen LogP contribution in [0.15, 0.2) is 36.4 Å². The highest BCUT2D eigenvalue weighted by Gasteiger charge is 2.18. The van der Waals surface area contributed by atoms with E-state index < -0.39 is 0 Å². The number of aryl methyl sites for hydroxylation is 1. The highest BCUT2D eigenvalue weighted by Crippen LogP contribution is 2.23. The first kappa shape index (κ1) is 15.0. The van der Waals surface area contributed by atoms with Crippen molar-refractivity contribution in [1.82, 2.24) is 4.98 Å². The summed E-state index contributed by atoms with van der Waals surface area (Å²) in [4.78, 5) is 16.7. The van der Waals surface area contributed by atoms with Crippen molar-refractivity contribution in [3.05, 3.63) is 53.2 Å². The van der Waals surface area contributed by atoms with Crippen LogP contribution in [0.25, 0.3) is 0 Å². The maximum Gasteiger partial charge on any atom is 0.255 e. The monoisotopic (exact) mass is 283 g/mol. The summed E-state index contributed by atoms with van der Waals surface area (Å²) in [7, 11) is 0. The molecule has 2 rings (SSSR count). The van der Waals surface area contributed by atoms with Crippen molar-refractivity contribution in [3.8, 4) is 0 Å². The topological polar surface area (TPSA) is 68.0 Å². The van der Waals surface area contributed by atoms with Gasteiger partial charge in [0.2, 0.25) is 0 Å².